The number of hydrogen-bond acceptors (Lipinski definition) is 3. The number of piperidine rings is 1. The molecule has 0 radical (unpaired) electrons. The van der Waals surface area contributed by atoms with E-state index in [1.54, 1.807) is 19.2 Å². The van der Waals surface area contributed by atoms with Crippen LogP contribution in [0.15, 0.2) is 59.6 Å². The van der Waals surface area contributed by atoms with Gasteiger partial charge in [0.15, 0.2) is 5.96 Å². The molecule has 6 nitrogen and oxygen atoms in total. The van der Waals surface area contributed by atoms with Gasteiger partial charge < -0.3 is 20.3 Å². The second kappa shape index (κ2) is 10.5. The van der Waals surface area contributed by atoms with Crippen LogP contribution in [0, 0.1) is 5.82 Å². The Morgan fingerprint density at radius 2 is 1.72 bits per heavy atom. The van der Waals surface area contributed by atoms with Crippen molar-refractivity contribution in [2.75, 3.05) is 33.2 Å². The summed E-state index contributed by atoms with van der Waals surface area (Å²) >= 11 is 0. The van der Waals surface area contributed by atoms with E-state index in [-0.39, 0.29) is 11.7 Å². The van der Waals surface area contributed by atoms with E-state index in [1.807, 2.05) is 30.3 Å². The van der Waals surface area contributed by atoms with E-state index in [0.717, 1.165) is 37.6 Å². The van der Waals surface area contributed by atoms with Crippen LogP contribution in [0.1, 0.15) is 23.2 Å². The lowest BCUT2D eigenvalue weighted by Crippen LogP contribution is -2.48. The first kappa shape index (κ1) is 20.6. The number of rotatable bonds is 6. The van der Waals surface area contributed by atoms with E-state index in [0.29, 0.717) is 13.1 Å². The highest BCUT2D eigenvalue weighted by Gasteiger charge is 2.22. The molecule has 2 aromatic carbocycles. The van der Waals surface area contributed by atoms with Gasteiger partial charge in [-0.25, -0.2) is 4.39 Å². The Kier molecular flexibility index (Phi) is 7.44. The maximum absolute atomic E-state index is 13.6. The molecule has 1 amide bonds. The highest BCUT2D eigenvalue weighted by Crippen LogP contribution is 2.18. The summed E-state index contributed by atoms with van der Waals surface area (Å²) in [6, 6.07) is 15.8. The molecule has 1 aliphatic heterocycles. The standard InChI is InChI=1S/C22H27FN4O2/c1-24-22(26-14-13-25-21(28)19-9-5-6-10-20(19)23)27-15-11-18(12-16-27)29-17-7-3-2-4-8-17/h2-10,18H,11-16H2,1H3,(H,24,26)(H,25,28). The molecule has 1 fully saturated rings. The van der Waals surface area contributed by atoms with Gasteiger partial charge in [0.25, 0.3) is 5.91 Å². The predicted molar refractivity (Wildman–Crippen MR) is 112 cm³/mol. The minimum Gasteiger partial charge on any atom is -0.490 e. The SMILES string of the molecule is CN=C(NCCNC(=O)c1ccccc1F)N1CCC(Oc2ccccc2)CC1. The third kappa shape index (κ3) is 5.94. The number of aliphatic imine (C=N–C) groups is 1. The lowest BCUT2D eigenvalue weighted by molar-refractivity contribution is 0.0950. The monoisotopic (exact) mass is 398 g/mol. The fraction of sp³-hybridized carbons (Fsp3) is 0.364. The molecule has 1 heterocycles. The maximum atomic E-state index is 13.6. The van der Waals surface area contributed by atoms with Crippen LogP contribution in [0.25, 0.3) is 0 Å². The van der Waals surface area contributed by atoms with Gasteiger partial charge in [0.1, 0.15) is 17.7 Å². The van der Waals surface area contributed by atoms with Gasteiger partial charge in [0, 0.05) is 46.1 Å². The van der Waals surface area contributed by atoms with Crippen LogP contribution >= 0.6 is 0 Å². The molecule has 0 unspecified atom stereocenters. The molecule has 3 rings (SSSR count). The van der Waals surface area contributed by atoms with Crippen molar-refractivity contribution >= 4 is 11.9 Å². The molecule has 7 heteroatoms. The lowest BCUT2D eigenvalue weighted by atomic mass is 10.1. The Morgan fingerprint density at radius 3 is 2.41 bits per heavy atom. The first-order chi connectivity index (χ1) is 14.2. The number of nitrogens with zero attached hydrogens (tertiary/aromatic N) is 2. The molecule has 1 saturated heterocycles. The van der Waals surface area contributed by atoms with Gasteiger partial charge in [-0.3, -0.25) is 9.79 Å². The highest BCUT2D eigenvalue weighted by molar-refractivity contribution is 5.94. The van der Waals surface area contributed by atoms with Crippen LogP contribution in [0.4, 0.5) is 4.39 Å². The predicted octanol–water partition coefficient (Wildman–Crippen LogP) is 2.67. The first-order valence-corrected chi connectivity index (χ1v) is 9.87. The molecule has 0 aromatic heterocycles. The highest BCUT2D eigenvalue weighted by atomic mass is 19.1. The van der Waals surface area contributed by atoms with Crippen LogP contribution in [-0.4, -0.2) is 56.1 Å². The average molecular weight is 398 g/mol. The molecule has 2 N–H and O–H groups in total. The van der Waals surface area contributed by atoms with Crippen molar-refractivity contribution in [2.24, 2.45) is 4.99 Å². The van der Waals surface area contributed by atoms with Gasteiger partial charge in [-0.2, -0.15) is 0 Å². The van der Waals surface area contributed by atoms with Crippen LogP contribution in [0.3, 0.4) is 0 Å². The summed E-state index contributed by atoms with van der Waals surface area (Å²) in [7, 11) is 1.74. The number of amides is 1. The summed E-state index contributed by atoms with van der Waals surface area (Å²) < 4.78 is 19.7. The molecule has 0 atom stereocenters. The molecule has 1 aliphatic rings. The Balaban J connectivity index is 1.38. The van der Waals surface area contributed by atoms with E-state index in [1.165, 1.54) is 12.1 Å². The second-order valence-corrected chi connectivity index (χ2v) is 6.83. The summed E-state index contributed by atoms with van der Waals surface area (Å²) in [6.07, 6.45) is 2.03. The molecule has 154 valence electrons. The van der Waals surface area contributed by atoms with E-state index in [2.05, 4.69) is 20.5 Å². The van der Waals surface area contributed by atoms with Gasteiger partial charge in [0.2, 0.25) is 0 Å². The molecule has 0 aliphatic carbocycles. The van der Waals surface area contributed by atoms with E-state index < -0.39 is 11.7 Å². The Bertz CT molecular complexity index is 821. The molecular formula is C22H27FN4O2. The van der Waals surface area contributed by atoms with Crippen molar-refractivity contribution in [3.8, 4) is 5.75 Å². The Hall–Kier alpha value is -3.09. The van der Waals surface area contributed by atoms with Crippen LogP contribution < -0.4 is 15.4 Å². The summed E-state index contributed by atoms with van der Waals surface area (Å²) in [5, 5.41) is 5.97. The largest absolute Gasteiger partial charge is 0.490 e. The number of benzene rings is 2. The zero-order chi connectivity index (χ0) is 20.5. The maximum Gasteiger partial charge on any atom is 0.254 e. The molecule has 2 aromatic rings. The summed E-state index contributed by atoms with van der Waals surface area (Å²) in [5.74, 6) is 0.760. The smallest absolute Gasteiger partial charge is 0.254 e. The molecule has 0 spiro atoms. The topological polar surface area (TPSA) is 66.0 Å². The minimum atomic E-state index is -0.519. The number of halogens is 1. The quantitative estimate of drug-likeness (QED) is 0.446. The number of para-hydroxylation sites is 1. The summed E-state index contributed by atoms with van der Waals surface area (Å²) in [5.41, 5.74) is 0.0531. The fourth-order valence-electron chi connectivity index (χ4n) is 3.30. The van der Waals surface area contributed by atoms with Crippen molar-refractivity contribution in [1.82, 2.24) is 15.5 Å². The van der Waals surface area contributed by atoms with E-state index in [4.69, 9.17) is 4.74 Å². The Morgan fingerprint density at radius 1 is 1.07 bits per heavy atom. The molecule has 0 saturated carbocycles. The van der Waals surface area contributed by atoms with Crippen LogP contribution in [-0.2, 0) is 0 Å². The second-order valence-electron chi connectivity index (χ2n) is 6.83. The molecule has 29 heavy (non-hydrogen) atoms. The number of hydrogen-bond donors (Lipinski definition) is 2. The number of carbonyl (C=O) groups is 1. The normalized spacial score (nSPS) is 15.1. The van der Waals surface area contributed by atoms with Gasteiger partial charge in [0.05, 0.1) is 5.56 Å². The van der Waals surface area contributed by atoms with Crippen LogP contribution in [0.5, 0.6) is 5.75 Å². The first-order valence-electron chi connectivity index (χ1n) is 9.87. The van der Waals surface area contributed by atoms with Crippen molar-refractivity contribution in [3.63, 3.8) is 0 Å². The summed E-state index contributed by atoms with van der Waals surface area (Å²) in [6.45, 7) is 2.57. The van der Waals surface area contributed by atoms with Gasteiger partial charge in [-0.15, -0.1) is 0 Å². The van der Waals surface area contributed by atoms with Crippen molar-refractivity contribution in [2.45, 2.75) is 18.9 Å². The Labute approximate surface area is 170 Å². The fourth-order valence-corrected chi connectivity index (χ4v) is 3.30. The van der Waals surface area contributed by atoms with E-state index >= 15 is 0 Å². The molecule has 0 bridgehead atoms. The number of likely N-dealkylation sites (tertiary alicyclic amines) is 1. The number of guanidine groups is 1. The van der Waals surface area contributed by atoms with E-state index in [9.17, 15) is 9.18 Å². The zero-order valence-electron chi connectivity index (χ0n) is 16.6. The van der Waals surface area contributed by atoms with Crippen molar-refractivity contribution in [3.05, 3.63) is 66.0 Å². The zero-order valence-corrected chi connectivity index (χ0v) is 16.6. The number of ether oxygens (including phenoxy) is 1. The number of carbonyl (C=O) groups excluding carboxylic acids is 1. The van der Waals surface area contributed by atoms with Gasteiger partial charge in [-0.05, 0) is 24.3 Å². The molecular weight excluding hydrogens is 371 g/mol. The van der Waals surface area contributed by atoms with Crippen molar-refractivity contribution < 1.29 is 13.9 Å². The van der Waals surface area contributed by atoms with Crippen LogP contribution in [0.2, 0.25) is 0 Å². The average Bonchev–Trinajstić information content (AvgIpc) is 2.75. The third-order valence-corrected chi connectivity index (χ3v) is 4.81. The number of nitrogens with one attached hydrogen (secondary N) is 2. The van der Waals surface area contributed by atoms with Gasteiger partial charge >= 0.3 is 0 Å². The lowest BCUT2D eigenvalue weighted by Gasteiger charge is -2.34. The van der Waals surface area contributed by atoms with Crippen molar-refractivity contribution in [1.29, 1.82) is 0 Å². The third-order valence-electron chi connectivity index (χ3n) is 4.81. The van der Waals surface area contributed by atoms with Gasteiger partial charge in [-0.1, -0.05) is 30.3 Å². The summed E-state index contributed by atoms with van der Waals surface area (Å²) in [4.78, 5) is 18.5. The minimum absolute atomic E-state index is 0.0531.